The van der Waals surface area contributed by atoms with E-state index in [0.29, 0.717) is 0 Å². The Morgan fingerprint density at radius 1 is 1.50 bits per heavy atom. The number of hydrogen-bond acceptors (Lipinski definition) is 6. The summed E-state index contributed by atoms with van der Waals surface area (Å²) in [5.74, 6) is -2.08. The Labute approximate surface area is 77.1 Å². The summed E-state index contributed by atoms with van der Waals surface area (Å²) in [6.07, 6.45) is 1.86. The Morgan fingerprint density at radius 2 is 2.29 bits per heavy atom. The maximum absolute atomic E-state index is 11.1. The minimum atomic E-state index is -1.22. The molecule has 0 amide bonds. The van der Waals surface area contributed by atoms with E-state index in [0.717, 1.165) is 12.4 Å². The van der Waals surface area contributed by atoms with Gasteiger partial charge in [-0.1, -0.05) is 0 Å². The Kier molecular flexibility index (Phi) is 1.70. The molecule has 1 aromatic rings. The van der Waals surface area contributed by atoms with Crippen molar-refractivity contribution in [3.63, 3.8) is 0 Å². The predicted octanol–water partition coefficient (Wildman–Crippen LogP) is -0.532. The quantitative estimate of drug-likeness (QED) is 0.472. The molecule has 0 saturated heterocycles. The minimum absolute atomic E-state index is 0.0694. The zero-order valence-electron chi connectivity index (χ0n) is 6.67. The summed E-state index contributed by atoms with van der Waals surface area (Å²) in [5, 5.41) is 15.3. The predicted molar refractivity (Wildman–Crippen MR) is 40.9 cm³/mol. The highest BCUT2D eigenvalue weighted by atomic mass is 16.5. The summed E-state index contributed by atoms with van der Waals surface area (Å²) in [6, 6.07) is 0. The number of cyclic esters (lactones) is 1. The van der Waals surface area contributed by atoms with Crippen LogP contribution in [0.4, 0.5) is 0 Å². The first-order chi connectivity index (χ1) is 6.68. The van der Waals surface area contributed by atoms with Crippen LogP contribution in [0.3, 0.4) is 0 Å². The highest BCUT2D eigenvalue weighted by molar-refractivity contribution is 6.03. The highest BCUT2D eigenvalue weighted by Gasteiger charge is 2.30. The third-order valence-electron chi connectivity index (χ3n) is 1.50. The molecule has 0 radical (unpaired) electrons. The standard InChI is InChI=1S/C7H3N3O4/c11-4(12)1-3-5-6(7(13)14-3)10-9-2-8-5/h1-2H,(H,11,12). The van der Waals surface area contributed by atoms with Crippen molar-refractivity contribution in [1.29, 1.82) is 0 Å². The number of aromatic nitrogens is 3. The van der Waals surface area contributed by atoms with Gasteiger partial charge in [-0.2, -0.15) is 0 Å². The molecule has 0 saturated carbocycles. The largest absolute Gasteiger partial charge is 0.478 e. The van der Waals surface area contributed by atoms with E-state index in [-0.39, 0.29) is 17.1 Å². The molecule has 0 spiro atoms. The number of carboxylic acids is 1. The number of carbonyl (C=O) groups excluding carboxylic acids is 1. The van der Waals surface area contributed by atoms with Crippen molar-refractivity contribution in [2.45, 2.75) is 0 Å². The van der Waals surface area contributed by atoms with Gasteiger partial charge in [0.15, 0.2) is 5.76 Å². The summed E-state index contributed by atoms with van der Waals surface area (Å²) in [4.78, 5) is 25.1. The number of ether oxygens (including phenoxy) is 1. The van der Waals surface area contributed by atoms with Crippen LogP contribution in [0.2, 0.25) is 0 Å². The van der Waals surface area contributed by atoms with E-state index >= 15 is 0 Å². The van der Waals surface area contributed by atoms with Gasteiger partial charge in [0, 0.05) is 0 Å². The molecule has 0 unspecified atom stereocenters. The second kappa shape index (κ2) is 2.87. The van der Waals surface area contributed by atoms with Crippen molar-refractivity contribution >= 4 is 17.7 Å². The lowest BCUT2D eigenvalue weighted by Crippen LogP contribution is -1.99. The number of aliphatic carboxylic acids is 1. The molecule has 2 rings (SSSR count). The van der Waals surface area contributed by atoms with Crippen LogP contribution >= 0.6 is 0 Å². The van der Waals surface area contributed by atoms with Gasteiger partial charge < -0.3 is 9.84 Å². The fraction of sp³-hybridized carbons (Fsp3) is 0. The monoisotopic (exact) mass is 193 g/mol. The maximum Gasteiger partial charge on any atom is 0.366 e. The number of fused-ring (bicyclic) bond motifs is 1. The normalized spacial score (nSPS) is 16.6. The van der Waals surface area contributed by atoms with E-state index < -0.39 is 11.9 Å². The van der Waals surface area contributed by atoms with E-state index in [9.17, 15) is 9.59 Å². The molecule has 0 atom stereocenters. The average Bonchev–Trinajstić information content (AvgIpc) is 2.44. The lowest BCUT2D eigenvalue weighted by Gasteiger charge is -1.92. The van der Waals surface area contributed by atoms with Crippen LogP contribution in [0.25, 0.3) is 5.76 Å². The summed E-state index contributed by atoms with van der Waals surface area (Å²) in [5.41, 5.74) is 0.0346. The second-order valence-corrected chi connectivity index (χ2v) is 2.39. The molecule has 7 heteroatoms. The van der Waals surface area contributed by atoms with Gasteiger partial charge >= 0.3 is 11.9 Å². The van der Waals surface area contributed by atoms with Gasteiger partial charge in [-0.05, 0) is 0 Å². The second-order valence-electron chi connectivity index (χ2n) is 2.39. The van der Waals surface area contributed by atoms with Crippen molar-refractivity contribution in [2.75, 3.05) is 0 Å². The third kappa shape index (κ3) is 1.20. The first kappa shape index (κ1) is 8.30. The molecule has 70 valence electrons. The van der Waals surface area contributed by atoms with Gasteiger partial charge in [-0.25, -0.2) is 14.6 Å². The van der Waals surface area contributed by atoms with E-state index in [1.807, 2.05) is 0 Å². The van der Waals surface area contributed by atoms with E-state index in [4.69, 9.17) is 5.11 Å². The van der Waals surface area contributed by atoms with Crippen LogP contribution < -0.4 is 0 Å². The molecule has 0 bridgehead atoms. The molecule has 0 fully saturated rings. The van der Waals surface area contributed by atoms with Crippen molar-refractivity contribution in [2.24, 2.45) is 0 Å². The molecule has 1 aliphatic heterocycles. The fourth-order valence-corrected chi connectivity index (χ4v) is 1.000. The van der Waals surface area contributed by atoms with Crippen LogP contribution in [0, 0.1) is 0 Å². The first-order valence-corrected chi connectivity index (χ1v) is 3.53. The third-order valence-corrected chi connectivity index (χ3v) is 1.50. The molecular weight excluding hydrogens is 190 g/mol. The topological polar surface area (TPSA) is 102 Å². The molecule has 7 nitrogen and oxygen atoms in total. The van der Waals surface area contributed by atoms with Gasteiger partial charge in [0.1, 0.15) is 12.0 Å². The average molecular weight is 193 g/mol. The van der Waals surface area contributed by atoms with E-state index in [1.54, 1.807) is 0 Å². The number of carboxylic acid groups (broad SMARTS) is 1. The van der Waals surface area contributed by atoms with Crippen LogP contribution in [-0.4, -0.2) is 32.2 Å². The minimum Gasteiger partial charge on any atom is -0.478 e. The Hall–Kier alpha value is -2.31. The van der Waals surface area contributed by atoms with E-state index in [2.05, 4.69) is 19.9 Å². The van der Waals surface area contributed by atoms with Crippen molar-refractivity contribution < 1.29 is 19.4 Å². The summed E-state index contributed by atoms with van der Waals surface area (Å²) in [6.45, 7) is 0. The van der Waals surface area contributed by atoms with Gasteiger partial charge in [-0.3, -0.25) is 0 Å². The van der Waals surface area contributed by atoms with Crippen LogP contribution in [0.5, 0.6) is 0 Å². The Balaban J connectivity index is 2.54. The molecule has 2 heterocycles. The molecule has 0 aliphatic carbocycles. The molecule has 1 N–H and O–H groups in total. The SMILES string of the molecule is O=C(O)C=C1OC(=O)c2nncnc21. The maximum atomic E-state index is 11.1. The molecule has 1 aliphatic rings. The van der Waals surface area contributed by atoms with Gasteiger partial charge in [-0.15, -0.1) is 10.2 Å². The zero-order chi connectivity index (χ0) is 10.1. The Morgan fingerprint density at radius 3 is 3.00 bits per heavy atom. The van der Waals surface area contributed by atoms with Crippen LogP contribution in [0.1, 0.15) is 16.2 Å². The number of nitrogens with zero attached hydrogens (tertiary/aromatic N) is 3. The molecule has 14 heavy (non-hydrogen) atoms. The first-order valence-electron chi connectivity index (χ1n) is 3.53. The number of hydrogen-bond donors (Lipinski definition) is 1. The van der Waals surface area contributed by atoms with Crippen LogP contribution in [0.15, 0.2) is 12.4 Å². The van der Waals surface area contributed by atoms with Gasteiger partial charge in [0.05, 0.1) is 6.08 Å². The van der Waals surface area contributed by atoms with Crippen molar-refractivity contribution in [3.05, 3.63) is 23.8 Å². The lowest BCUT2D eigenvalue weighted by atomic mass is 10.3. The smallest absolute Gasteiger partial charge is 0.366 e. The number of carbonyl (C=O) groups is 2. The zero-order valence-corrected chi connectivity index (χ0v) is 6.67. The number of rotatable bonds is 1. The van der Waals surface area contributed by atoms with Crippen LogP contribution in [-0.2, 0) is 9.53 Å². The summed E-state index contributed by atoms with van der Waals surface area (Å²) >= 11 is 0. The van der Waals surface area contributed by atoms with Gasteiger partial charge in [0.2, 0.25) is 5.69 Å². The molecule has 1 aromatic heterocycles. The van der Waals surface area contributed by atoms with Gasteiger partial charge in [0.25, 0.3) is 0 Å². The summed E-state index contributed by atoms with van der Waals surface area (Å²) < 4.78 is 4.62. The lowest BCUT2D eigenvalue weighted by molar-refractivity contribution is -0.131. The molecular formula is C7H3N3O4. The van der Waals surface area contributed by atoms with Crippen molar-refractivity contribution in [1.82, 2.24) is 15.2 Å². The summed E-state index contributed by atoms with van der Waals surface area (Å²) in [7, 11) is 0. The fourth-order valence-electron chi connectivity index (χ4n) is 1.000. The van der Waals surface area contributed by atoms with E-state index in [1.165, 1.54) is 0 Å². The molecule has 0 aromatic carbocycles. The Bertz CT molecular complexity index is 454. The number of esters is 1. The van der Waals surface area contributed by atoms with Crippen molar-refractivity contribution in [3.8, 4) is 0 Å². The highest BCUT2D eigenvalue weighted by Crippen LogP contribution is 2.24.